The number of likely N-dealkylation sites (tertiary alicyclic amines) is 1. The molecule has 1 amide bonds. The minimum atomic E-state index is 0.0774. The number of nitrogens with two attached hydrogens (primary N) is 1. The van der Waals surface area contributed by atoms with Crippen LogP contribution in [0.2, 0.25) is 0 Å². The quantitative estimate of drug-likeness (QED) is 0.850. The molecule has 1 aromatic carbocycles. The summed E-state index contributed by atoms with van der Waals surface area (Å²) >= 11 is 0. The van der Waals surface area contributed by atoms with Gasteiger partial charge in [-0.15, -0.1) is 0 Å². The van der Waals surface area contributed by atoms with E-state index in [-0.39, 0.29) is 11.9 Å². The Morgan fingerprint density at radius 2 is 2.40 bits per heavy atom. The number of nitriles is 1. The topological polar surface area (TPSA) is 79.3 Å². The van der Waals surface area contributed by atoms with Crippen LogP contribution in [0.3, 0.4) is 0 Å². The fourth-order valence-corrected chi connectivity index (χ4v) is 2.52. The molecule has 1 heterocycles. The van der Waals surface area contributed by atoms with E-state index in [0.29, 0.717) is 30.0 Å². The minimum absolute atomic E-state index is 0.0774. The Morgan fingerprint density at radius 1 is 1.60 bits per heavy atom. The first-order valence-electron chi connectivity index (χ1n) is 6.88. The molecule has 1 aliphatic heterocycles. The van der Waals surface area contributed by atoms with Crippen LogP contribution in [0.15, 0.2) is 18.2 Å². The Balaban J connectivity index is 2.06. The molecule has 5 heteroatoms. The average Bonchev–Trinajstić information content (AvgIpc) is 2.93. The van der Waals surface area contributed by atoms with Gasteiger partial charge in [0.2, 0.25) is 5.91 Å². The Hall–Kier alpha value is -2.22. The van der Waals surface area contributed by atoms with E-state index in [1.807, 2.05) is 11.8 Å². The largest absolute Gasteiger partial charge is 0.488 e. The summed E-state index contributed by atoms with van der Waals surface area (Å²) in [4.78, 5) is 13.7. The fourth-order valence-electron chi connectivity index (χ4n) is 2.52. The van der Waals surface area contributed by atoms with Gasteiger partial charge < -0.3 is 15.4 Å². The Bertz CT molecular complexity index is 536. The molecule has 1 aliphatic rings. The van der Waals surface area contributed by atoms with Crippen molar-refractivity contribution in [2.24, 2.45) is 0 Å². The van der Waals surface area contributed by atoms with E-state index < -0.39 is 0 Å². The van der Waals surface area contributed by atoms with Crippen LogP contribution in [0.1, 0.15) is 31.7 Å². The van der Waals surface area contributed by atoms with Crippen molar-refractivity contribution in [2.45, 2.75) is 32.2 Å². The van der Waals surface area contributed by atoms with Crippen LogP contribution in [-0.4, -0.2) is 30.0 Å². The Kier molecular flexibility index (Phi) is 4.46. The lowest BCUT2D eigenvalue weighted by atomic mass is 10.2. The molecule has 1 aromatic rings. The molecule has 2 N–H and O–H groups in total. The number of hydrogen-bond acceptors (Lipinski definition) is 4. The van der Waals surface area contributed by atoms with Crippen LogP contribution in [-0.2, 0) is 4.79 Å². The fraction of sp³-hybridized carbons (Fsp3) is 0.467. The van der Waals surface area contributed by atoms with E-state index in [0.717, 1.165) is 19.4 Å². The number of anilines is 1. The third-order valence-corrected chi connectivity index (χ3v) is 3.59. The van der Waals surface area contributed by atoms with Crippen molar-refractivity contribution < 1.29 is 9.53 Å². The lowest BCUT2D eigenvalue weighted by Crippen LogP contribution is -2.38. The first-order chi connectivity index (χ1) is 9.67. The van der Waals surface area contributed by atoms with Crippen LogP contribution < -0.4 is 10.5 Å². The second kappa shape index (κ2) is 6.29. The molecule has 1 atom stereocenters. The first-order valence-corrected chi connectivity index (χ1v) is 6.88. The molecule has 5 nitrogen and oxygen atoms in total. The summed E-state index contributed by atoms with van der Waals surface area (Å²) in [7, 11) is 0. The van der Waals surface area contributed by atoms with E-state index in [1.54, 1.807) is 18.2 Å². The number of para-hydroxylation sites is 1. The van der Waals surface area contributed by atoms with Crippen molar-refractivity contribution in [1.82, 2.24) is 4.90 Å². The van der Waals surface area contributed by atoms with Crippen molar-refractivity contribution >= 4 is 11.6 Å². The molecule has 1 unspecified atom stereocenters. The molecule has 0 bridgehead atoms. The van der Waals surface area contributed by atoms with Crippen LogP contribution in [0.4, 0.5) is 5.69 Å². The third-order valence-electron chi connectivity index (χ3n) is 3.59. The number of ether oxygens (including phenoxy) is 1. The second-order valence-electron chi connectivity index (χ2n) is 4.88. The molecular formula is C15H19N3O2. The zero-order chi connectivity index (χ0) is 14.5. The molecule has 0 aliphatic carbocycles. The number of carbonyl (C=O) groups is 1. The van der Waals surface area contributed by atoms with E-state index in [2.05, 4.69) is 6.07 Å². The molecule has 106 valence electrons. The second-order valence-corrected chi connectivity index (χ2v) is 4.88. The maximum Gasteiger partial charge on any atom is 0.222 e. The van der Waals surface area contributed by atoms with Gasteiger partial charge in [-0.3, -0.25) is 4.79 Å². The smallest absolute Gasteiger partial charge is 0.222 e. The highest BCUT2D eigenvalue weighted by molar-refractivity contribution is 5.76. The summed E-state index contributed by atoms with van der Waals surface area (Å²) in [5.41, 5.74) is 6.73. The van der Waals surface area contributed by atoms with Gasteiger partial charge in [0.25, 0.3) is 0 Å². The highest BCUT2D eigenvalue weighted by atomic mass is 16.5. The zero-order valence-corrected chi connectivity index (χ0v) is 11.6. The highest BCUT2D eigenvalue weighted by Crippen LogP contribution is 2.27. The van der Waals surface area contributed by atoms with Crippen LogP contribution in [0.25, 0.3) is 0 Å². The zero-order valence-electron chi connectivity index (χ0n) is 11.6. The van der Waals surface area contributed by atoms with Crippen molar-refractivity contribution in [3.8, 4) is 11.8 Å². The van der Waals surface area contributed by atoms with Crippen LogP contribution >= 0.6 is 0 Å². The molecule has 0 radical (unpaired) electrons. The lowest BCUT2D eigenvalue weighted by Gasteiger charge is -2.24. The molecule has 2 rings (SSSR count). The molecule has 0 saturated carbocycles. The number of hydrogen-bond donors (Lipinski definition) is 1. The van der Waals surface area contributed by atoms with Crippen molar-refractivity contribution in [2.75, 3.05) is 18.9 Å². The van der Waals surface area contributed by atoms with Gasteiger partial charge in [-0.05, 0) is 25.0 Å². The van der Waals surface area contributed by atoms with Gasteiger partial charge in [0, 0.05) is 13.0 Å². The number of benzene rings is 1. The predicted octanol–water partition coefficient (Wildman–Crippen LogP) is 1.92. The van der Waals surface area contributed by atoms with Crippen molar-refractivity contribution in [3.05, 3.63) is 23.8 Å². The first kappa shape index (κ1) is 14.2. The molecule has 0 spiro atoms. The molecule has 20 heavy (non-hydrogen) atoms. The SMILES string of the molecule is CCC(=O)N1CCCC1COc1c(N)cccc1C#N. The number of nitrogen functional groups attached to an aromatic ring is 1. The summed E-state index contributed by atoms with van der Waals surface area (Å²) in [6.45, 7) is 3.03. The van der Waals surface area contributed by atoms with E-state index in [4.69, 9.17) is 15.7 Å². The molecular weight excluding hydrogens is 254 g/mol. The van der Waals surface area contributed by atoms with Crippen LogP contribution in [0.5, 0.6) is 5.75 Å². The summed E-state index contributed by atoms with van der Waals surface area (Å²) in [5, 5.41) is 9.06. The Labute approximate surface area is 118 Å². The van der Waals surface area contributed by atoms with Gasteiger partial charge in [0.1, 0.15) is 12.7 Å². The molecule has 0 aromatic heterocycles. The number of amides is 1. The normalized spacial score (nSPS) is 17.8. The van der Waals surface area contributed by atoms with Gasteiger partial charge in [-0.1, -0.05) is 13.0 Å². The van der Waals surface area contributed by atoms with E-state index in [9.17, 15) is 4.79 Å². The number of carbonyl (C=O) groups excluding carboxylic acids is 1. The maximum atomic E-state index is 11.8. The summed E-state index contributed by atoms with van der Waals surface area (Å²) in [6.07, 6.45) is 2.43. The van der Waals surface area contributed by atoms with Gasteiger partial charge in [0.05, 0.1) is 17.3 Å². The van der Waals surface area contributed by atoms with Gasteiger partial charge in [-0.2, -0.15) is 5.26 Å². The Morgan fingerprint density at radius 3 is 3.10 bits per heavy atom. The monoisotopic (exact) mass is 273 g/mol. The van der Waals surface area contributed by atoms with Gasteiger partial charge >= 0.3 is 0 Å². The van der Waals surface area contributed by atoms with Crippen LogP contribution in [0, 0.1) is 11.3 Å². The number of nitrogens with zero attached hydrogens (tertiary/aromatic N) is 2. The highest BCUT2D eigenvalue weighted by Gasteiger charge is 2.28. The minimum Gasteiger partial charge on any atom is -0.488 e. The van der Waals surface area contributed by atoms with Gasteiger partial charge in [0.15, 0.2) is 5.75 Å². The average molecular weight is 273 g/mol. The summed E-state index contributed by atoms with van der Waals surface area (Å²) in [6, 6.07) is 7.26. The predicted molar refractivity (Wildman–Crippen MR) is 76.1 cm³/mol. The standard InChI is InChI=1S/C15H19N3O2/c1-2-14(19)18-8-4-6-12(18)10-20-15-11(9-16)5-3-7-13(15)17/h3,5,7,12H,2,4,6,8,10,17H2,1H3. The summed E-state index contributed by atoms with van der Waals surface area (Å²) < 4.78 is 5.73. The van der Waals surface area contributed by atoms with Gasteiger partial charge in [-0.25, -0.2) is 0 Å². The van der Waals surface area contributed by atoms with Crippen molar-refractivity contribution in [3.63, 3.8) is 0 Å². The summed E-state index contributed by atoms with van der Waals surface area (Å²) in [5.74, 6) is 0.573. The van der Waals surface area contributed by atoms with E-state index in [1.165, 1.54) is 0 Å². The number of rotatable bonds is 4. The van der Waals surface area contributed by atoms with Crippen molar-refractivity contribution in [1.29, 1.82) is 5.26 Å². The third kappa shape index (κ3) is 2.85. The van der Waals surface area contributed by atoms with E-state index >= 15 is 0 Å². The maximum absolute atomic E-state index is 11.8. The lowest BCUT2D eigenvalue weighted by molar-refractivity contribution is -0.132. The molecule has 1 saturated heterocycles. The molecule has 1 fully saturated rings.